The van der Waals surface area contributed by atoms with Gasteiger partial charge in [0.1, 0.15) is 4.90 Å². The van der Waals surface area contributed by atoms with Gasteiger partial charge in [0, 0.05) is 13.1 Å². The molecule has 7 nitrogen and oxygen atoms in total. The molecule has 0 saturated heterocycles. The summed E-state index contributed by atoms with van der Waals surface area (Å²) in [4.78, 5) is 23.4. The first-order valence-corrected chi connectivity index (χ1v) is 10.2. The number of benzene rings is 1. The highest BCUT2D eigenvalue weighted by molar-refractivity contribution is 7.89. The molecule has 1 aromatic carbocycles. The average molecular weight is 425 g/mol. The number of amides is 1. The molecule has 0 spiro atoms. The van der Waals surface area contributed by atoms with Crippen molar-refractivity contribution < 1.29 is 22.7 Å². The highest BCUT2D eigenvalue weighted by Crippen LogP contribution is 2.29. The molecule has 0 fully saturated rings. The maximum absolute atomic E-state index is 12.4. The van der Waals surface area contributed by atoms with Crippen molar-refractivity contribution in [1.29, 1.82) is 0 Å². The minimum absolute atomic E-state index is 0.0724. The summed E-state index contributed by atoms with van der Waals surface area (Å²) < 4.78 is 32.0. The van der Waals surface area contributed by atoms with E-state index in [0.29, 0.717) is 6.54 Å². The number of nitrogens with one attached hydrogen (secondary N) is 2. The lowest BCUT2D eigenvalue weighted by atomic mass is 10.2. The van der Waals surface area contributed by atoms with Crippen LogP contribution >= 0.6 is 23.2 Å². The molecule has 0 aliphatic rings. The summed E-state index contributed by atoms with van der Waals surface area (Å²) in [6.45, 7) is 5.75. The standard InChI is InChI=1S/C16H22Cl2N2O5S/c1-4-5-19-15(21)9-25-16(22)11-6-14(13(18)7-12(11)17)26(23,24)20-8-10(2)3/h6-7,10,20H,4-5,8-9H2,1-3H3,(H,19,21). The van der Waals surface area contributed by atoms with Crippen molar-refractivity contribution in [2.24, 2.45) is 5.92 Å². The highest BCUT2D eigenvalue weighted by atomic mass is 35.5. The number of carbonyl (C=O) groups is 2. The van der Waals surface area contributed by atoms with Gasteiger partial charge in [-0.05, 0) is 24.5 Å². The molecule has 146 valence electrons. The number of hydrogen-bond acceptors (Lipinski definition) is 5. The van der Waals surface area contributed by atoms with E-state index in [1.807, 2.05) is 20.8 Å². The van der Waals surface area contributed by atoms with Crippen LogP contribution in [0.4, 0.5) is 0 Å². The number of sulfonamides is 1. The molecular formula is C16H22Cl2N2O5S. The third kappa shape index (κ3) is 6.75. The Morgan fingerprint density at radius 3 is 2.42 bits per heavy atom. The first-order chi connectivity index (χ1) is 12.1. The largest absolute Gasteiger partial charge is 0.452 e. The van der Waals surface area contributed by atoms with Crippen LogP contribution in [-0.2, 0) is 19.6 Å². The Morgan fingerprint density at radius 1 is 1.19 bits per heavy atom. The van der Waals surface area contributed by atoms with Crippen LogP contribution in [0.25, 0.3) is 0 Å². The molecule has 0 unspecified atom stereocenters. The van der Waals surface area contributed by atoms with Gasteiger partial charge in [0.15, 0.2) is 6.61 Å². The summed E-state index contributed by atoms with van der Waals surface area (Å²) in [5.74, 6) is -1.29. The van der Waals surface area contributed by atoms with Crippen molar-refractivity contribution in [3.63, 3.8) is 0 Å². The molecule has 1 aromatic rings. The zero-order chi connectivity index (χ0) is 19.9. The summed E-state index contributed by atoms with van der Waals surface area (Å²) in [5.41, 5.74) is -0.190. The predicted molar refractivity (Wildman–Crippen MR) is 100 cm³/mol. The SMILES string of the molecule is CCCNC(=O)COC(=O)c1cc(S(=O)(=O)NCC(C)C)c(Cl)cc1Cl. The van der Waals surface area contributed by atoms with E-state index in [2.05, 4.69) is 10.0 Å². The number of rotatable bonds is 9. The molecule has 0 aliphatic heterocycles. The quantitative estimate of drug-likeness (QED) is 0.593. The molecule has 2 N–H and O–H groups in total. The van der Waals surface area contributed by atoms with Crippen molar-refractivity contribution in [2.45, 2.75) is 32.1 Å². The Bertz CT molecular complexity index is 766. The lowest BCUT2D eigenvalue weighted by Crippen LogP contribution is -2.29. The predicted octanol–water partition coefficient (Wildman–Crippen LogP) is 2.61. The van der Waals surface area contributed by atoms with Crippen molar-refractivity contribution in [3.05, 3.63) is 27.7 Å². The van der Waals surface area contributed by atoms with Gasteiger partial charge >= 0.3 is 5.97 Å². The van der Waals surface area contributed by atoms with Crippen molar-refractivity contribution in [2.75, 3.05) is 19.7 Å². The van der Waals surface area contributed by atoms with Crippen LogP contribution < -0.4 is 10.0 Å². The number of hydrogen-bond donors (Lipinski definition) is 2. The van der Waals surface area contributed by atoms with Gasteiger partial charge in [0.2, 0.25) is 10.0 Å². The maximum Gasteiger partial charge on any atom is 0.340 e. The molecule has 0 radical (unpaired) electrons. The second-order valence-corrected chi connectivity index (χ2v) is 8.48. The zero-order valence-electron chi connectivity index (χ0n) is 14.8. The Kier molecular flexibility index (Phi) is 8.82. The van der Waals surface area contributed by atoms with E-state index in [1.165, 1.54) is 0 Å². The van der Waals surface area contributed by atoms with E-state index in [0.717, 1.165) is 18.6 Å². The van der Waals surface area contributed by atoms with Gasteiger partial charge in [-0.1, -0.05) is 44.0 Å². The number of ether oxygens (including phenoxy) is 1. The molecule has 10 heteroatoms. The average Bonchev–Trinajstić information content (AvgIpc) is 2.55. The lowest BCUT2D eigenvalue weighted by molar-refractivity contribution is -0.124. The second kappa shape index (κ2) is 10.1. The number of esters is 1. The van der Waals surface area contributed by atoms with E-state index in [-0.39, 0.29) is 33.0 Å². The van der Waals surface area contributed by atoms with Gasteiger partial charge in [-0.2, -0.15) is 0 Å². The molecule has 0 atom stereocenters. The maximum atomic E-state index is 12.4. The summed E-state index contributed by atoms with van der Waals surface area (Å²) in [6, 6.07) is 2.19. The first-order valence-electron chi connectivity index (χ1n) is 8.01. The lowest BCUT2D eigenvalue weighted by Gasteiger charge is -2.12. The van der Waals surface area contributed by atoms with Gasteiger partial charge in [-0.25, -0.2) is 17.9 Å². The third-order valence-corrected chi connectivity index (χ3v) is 5.32. The second-order valence-electron chi connectivity index (χ2n) is 5.93. The molecule has 1 amide bonds. The van der Waals surface area contributed by atoms with Crippen LogP contribution in [-0.4, -0.2) is 40.0 Å². The van der Waals surface area contributed by atoms with Gasteiger partial charge in [0.05, 0.1) is 15.6 Å². The molecule has 26 heavy (non-hydrogen) atoms. The number of carbonyl (C=O) groups excluding carboxylic acids is 2. The molecule has 0 aliphatic carbocycles. The molecule has 0 bridgehead atoms. The highest BCUT2D eigenvalue weighted by Gasteiger charge is 2.23. The Labute approximate surface area is 163 Å². The Morgan fingerprint density at radius 2 is 1.85 bits per heavy atom. The van der Waals surface area contributed by atoms with Crippen molar-refractivity contribution in [3.8, 4) is 0 Å². The molecule has 0 aromatic heterocycles. The van der Waals surface area contributed by atoms with Crippen molar-refractivity contribution >= 4 is 45.1 Å². The van der Waals surface area contributed by atoms with E-state index >= 15 is 0 Å². The fourth-order valence-corrected chi connectivity index (χ4v) is 3.83. The van der Waals surface area contributed by atoms with E-state index in [4.69, 9.17) is 27.9 Å². The minimum Gasteiger partial charge on any atom is -0.452 e. The molecule has 0 heterocycles. The fourth-order valence-electron chi connectivity index (χ4n) is 1.77. The summed E-state index contributed by atoms with van der Waals surface area (Å²) in [5, 5.41) is 2.36. The summed E-state index contributed by atoms with van der Waals surface area (Å²) in [6.07, 6.45) is 0.743. The smallest absolute Gasteiger partial charge is 0.340 e. The normalized spacial score (nSPS) is 11.5. The van der Waals surface area contributed by atoms with Gasteiger partial charge in [-0.15, -0.1) is 0 Å². The van der Waals surface area contributed by atoms with Gasteiger partial charge < -0.3 is 10.1 Å². The van der Waals surface area contributed by atoms with Crippen LogP contribution in [0.3, 0.4) is 0 Å². The Balaban J connectivity index is 2.99. The molecule has 1 rings (SSSR count). The fraction of sp³-hybridized carbons (Fsp3) is 0.500. The van der Waals surface area contributed by atoms with E-state index in [9.17, 15) is 18.0 Å². The summed E-state index contributed by atoms with van der Waals surface area (Å²) >= 11 is 11.9. The van der Waals surface area contributed by atoms with E-state index in [1.54, 1.807) is 0 Å². The van der Waals surface area contributed by atoms with Crippen LogP contribution in [0.2, 0.25) is 10.0 Å². The van der Waals surface area contributed by atoms with Crippen LogP contribution in [0.15, 0.2) is 17.0 Å². The van der Waals surface area contributed by atoms with Gasteiger partial charge in [-0.3, -0.25) is 4.79 Å². The van der Waals surface area contributed by atoms with Crippen LogP contribution in [0.5, 0.6) is 0 Å². The van der Waals surface area contributed by atoms with Gasteiger partial charge in [0.25, 0.3) is 5.91 Å². The van der Waals surface area contributed by atoms with E-state index < -0.39 is 28.5 Å². The molecule has 0 saturated carbocycles. The van der Waals surface area contributed by atoms with Crippen LogP contribution in [0.1, 0.15) is 37.6 Å². The summed E-state index contributed by atoms with van der Waals surface area (Å²) in [7, 11) is -3.93. The number of halogens is 2. The van der Waals surface area contributed by atoms with Crippen molar-refractivity contribution in [1.82, 2.24) is 10.0 Å². The minimum atomic E-state index is -3.93. The third-order valence-electron chi connectivity index (χ3n) is 3.12. The van der Waals surface area contributed by atoms with Crippen LogP contribution in [0, 0.1) is 5.92 Å². The topological polar surface area (TPSA) is 102 Å². The monoisotopic (exact) mass is 424 g/mol. The first kappa shape index (κ1) is 22.7. The zero-order valence-corrected chi connectivity index (χ0v) is 17.1. The Hall–Kier alpha value is -1.35. The molecular weight excluding hydrogens is 403 g/mol.